The molecule has 6 heteroatoms. The quantitative estimate of drug-likeness (QED) is 0.800. The summed E-state index contributed by atoms with van der Waals surface area (Å²) in [7, 11) is 1.61. The van der Waals surface area contributed by atoms with Crippen molar-refractivity contribution < 1.29 is 13.9 Å². The van der Waals surface area contributed by atoms with E-state index < -0.39 is 0 Å². The van der Waals surface area contributed by atoms with Crippen LogP contribution in [-0.4, -0.2) is 23.7 Å². The maximum atomic E-state index is 5.55. The normalized spacial score (nSPS) is 10.5. The zero-order chi connectivity index (χ0) is 14.2. The first-order chi connectivity index (χ1) is 9.81. The van der Waals surface area contributed by atoms with Crippen molar-refractivity contribution in [3.8, 4) is 5.88 Å². The van der Waals surface area contributed by atoms with Crippen LogP contribution in [0.1, 0.15) is 24.9 Å². The van der Waals surface area contributed by atoms with Gasteiger partial charge in [0.1, 0.15) is 18.2 Å². The fourth-order valence-corrected chi connectivity index (χ4v) is 1.63. The van der Waals surface area contributed by atoms with E-state index in [0.29, 0.717) is 37.3 Å². The molecule has 0 saturated carbocycles. The highest BCUT2D eigenvalue weighted by Gasteiger charge is 2.06. The number of anilines is 1. The number of furan rings is 1. The van der Waals surface area contributed by atoms with Gasteiger partial charge in [-0.25, -0.2) is 4.98 Å². The number of nitrogens with zero attached hydrogens (tertiary/aromatic N) is 2. The molecule has 0 fully saturated rings. The maximum Gasteiger partial charge on any atom is 0.218 e. The van der Waals surface area contributed by atoms with Crippen molar-refractivity contribution >= 4 is 5.82 Å². The molecule has 0 aliphatic heterocycles. The molecular formula is C14H19N3O3. The molecular weight excluding hydrogens is 258 g/mol. The van der Waals surface area contributed by atoms with Gasteiger partial charge in [0.15, 0.2) is 5.82 Å². The molecule has 6 nitrogen and oxygen atoms in total. The van der Waals surface area contributed by atoms with E-state index in [1.54, 1.807) is 19.4 Å². The summed E-state index contributed by atoms with van der Waals surface area (Å²) in [4.78, 5) is 8.65. The van der Waals surface area contributed by atoms with Gasteiger partial charge in [0.25, 0.3) is 0 Å². The third-order valence-electron chi connectivity index (χ3n) is 2.50. The van der Waals surface area contributed by atoms with Crippen LogP contribution in [0.5, 0.6) is 5.88 Å². The van der Waals surface area contributed by atoms with Crippen molar-refractivity contribution in [3.05, 3.63) is 36.0 Å². The van der Waals surface area contributed by atoms with E-state index in [4.69, 9.17) is 13.9 Å². The Bertz CT molecular complexity index is 514. The molecule has 0 aliphatic carbocycles. The number of methoxy groups -OCH3 is 1. The molecule has 0 aliphatic rings. The van der Waals surface area contributed by atoms with E-state index in [-0.39, 0.29) is 0 Å². The second kappa shape index (κ2) is 7.49. The molecule has 0 aromatic carbocycles. The smallest absolute Gasteiger partial charge is 0.218 e. The highest BCUT2D eigenvalue weighted by Crippen LogP contribution is 2.15. The van der Waals surface area contributed by atoms with Gasteiger partial charge in [-0.2, -0.15) is 4.98 Å². The van der Waals surface area contributed by atoms with E-state index in [1.807, 2.05) is 19.1 Å². The SMILES string of the molecule is CCCOc1cc(NCc2ccco2)nc(COC)n1. The van der Waals surface area contributed by atoms with Crippen LogP contribution in [0.3, 0.4) is 0 Å². The monoisotopic (exact) mass is 277 g/mol. The molecule has 108 valence electrons. The minimum atomic E-state index is 0.346. The Kier molecular flexibility index (Phi) is 5.37. The van der Waals surface area contributed by atoms with Crippen LogP contribution in [0.15, 0.2) is 28.9 Å². The third-order valence-corrected chi connectivity index (χ3v) is 2.50. The Morgan fingerprint density at radius 1 is 1.35 bits per heavy atom. The molecule has 2 heterocycles. The summed E-state index contributed by atoms with van der Waals surface area (Å²) in [6.45, 7) is 3.58. The number of rotatable bonds is 8. The van der Waals surface area contributed by atoms with Crippen LogP contribution >= 0.6 is 0 Å². The van der Waals surface area contributed by atoms with Crippen molar-refractivity contribution in [2.75, 3.05) is 19.0 Å². The van der Waals surface area contributed by atoms with Gasteiger partial charge in [0, 0.05) is 13.2 Å². The summed E-state index contributed by atoms with van der Waals surface area (Å²) < 4.78 is 15.9. The average molecular weight is 277 g/mol. The zero-order valence-corrected chi connectivity index (χ0v) is 11.8. The van der Waals surface area contributed by atoms with Gasteiger partial charge in [0.2, 0.25) is 5.88 Å². The molecule has 1 N–H and O–H groups in total. The highest BCUT2D eigenvalue weighted by atomic mass is 16.5. The Morgan fingerprint density at radius 3 is 2.95 bits per heavy atom. The Labute approximate surface area is 118 Å². The van der Waals surface area contributed by atoms with Crippen LogP contribution in [0.25, 0.3) is 0 Å². The first-order valence-electron chi connectivity index (χ1n) is 6.57. The van der Waals surface area contributed by atoms with E-state index in [9.17, 15) is 0 Å². The molecule has 0 unspecified atom stereocenters. The van der Waals surface area contributed by atoms with Gasteiger partial charge in [0.05, 0.1) is 19.4 Å². The Balaban J connectivity index is 2.06. The molecule has 0 atom stereocenters. The number of hydrogen-bond donors (Lipinski definition) is 1. The maximum absolute atomic E-state index is 5.55. The lowest BCUT2D eigenvalue weighted by molar-refractivity contribution is 0.176. The summed E-state index contributed by atoms with van der Waals surface area (Å²) in [5, 5.41) is 3.18. The van der Waals surface area contributed by atoms with Crippen molar-refractivity contribution in [1.29, 1.82) is 0 Å². The van der Waals surface area contributed by atoms with Crippen LogP contribution < -0.4 is 10.1 Å². The summed E-state index contributed by atoms with van der Waals surface area (Å²) >= 11 is 0. The van der Waals surface area contributed by atoms with E-state index in [0.717, 1.165) is 12.2 Å². The molecule has 2 aromatic heterocycles. The minimum absolute atomic E-state index is 0.346. The molecule has 0 bridgehead atoms. The lowest BCUT2D eigenvalue weighted by atomic mass is 10.4. The van der Waals surface area contributed by atoms with Gasteiger partial charge in [-0.3, -0.25) is 0 Å². The van der Waals surface area contributed by atoms with Crippen LogP contribution in [0.2, 0.25) is 0 Å². The van der Waals surface area contributed by atoms with Crippen molar-refractivity contribution in [2.45, 2.75) is 26.5 Å². The van der Waals surface area contributed by atoms with Crippen LogP contribution in [-0.2, 0) is 17.9 Å². The number of ether oxygens (including phenoxy) is 2. The number of aromatic nitrogens is 2. The summed E-state index contributed by atoms with van der Waals surface area (Å²) in [6, 6.07) is 5.53. The molecule has 2 rings (SSSR count). The van der Waals surface area contributed by atoms with E-state index >= 15 is 0 Å². The molecule has 20 heavy (non-hydrogen) atoms. The van der Waals surface area contributed by atoms with E-state index in [1.165, 1.54) is 0 Å². The van der Waals surface area contributed by atoms with Crippen molar-refractivity contribution in [1.82, 2.24) is 9.97 Å². The fourth-order valence-electron chi connectivity index (χ4n) is 1.63. The first-order valence-corrected chi connectivity index (χ1v) is 6.57. The predicted octanol–water partition coefficient (Wildman–Crippen LogP) is 2.62. The van der Waals surface area contributed by atoms with Gasteiger partial charge in [-0.05, 0) is 18.6 Å². The molecule has 0 saturated heterocycles. The highest BCUT2D eigenvalue weighted by molar-refractivity contribution is 5.38. The summed E-state index contributed by atoms with van der Waals surface area (Å²) in [5.74, 6) is 2.67. The number of hydrogen-bond acceptors (Lipinski definition) is 6. The average Bonchev–Trinajstić information content (AvgIpc) is 2.96. The molecule has 0 amide bonds. The van der Waals surface area contributed by atoms with Crippen molar-refractivity contribution in [2.24, 2.45) is 0 Å². The van der Waals surface area contributed by atoms with Gasteiger partial charge < -0.3 is 19.2 Å². The second-order valence-corrected chi connectivity index (χ2v) is 4.22. The zero-order valence-electron chi connectivity index (χ0n) is 11.8. The van der Waals surface area contributed by atoms with Gasteiger partial charge in [-0.15, -0.1) is 0 Å². The van der Waals surface area contributed by atoms with Crippen LogP contribution in [0.4, 0.5) is 5.82 Å². The van der Waals surface area contributed by atoms with Gasteiger partial charge >= 0.3 is 0 Å². The standard InChI is InChI=1S/C14H19N3O3/c1-3-6-20-14-8-12(16-13(17-14)10-18-2)15-9-11-5-4-7-19-11/h4-5,7-8H,3,6,9-10H2,1-2H3,(H,15,16,17). The minimum Gasteiger partial charge on any atom is -0.478 e. The van der Waals surface area contributed by atoms with Gasteiger partial charge in [-0.1, -0.05) is 6.92 Å². The molecule has 0 spiro atoms. The Hall–Kier alpha value is -2.08. The lowest BCUT2D eigenvalue weighted by Gasteiger charge is -2.09. The lowest BCUT2D eigenvalue weighted by Crippen LogP contribution is -2.07. The van der Waals surface area contributed by atoms with Crippen LogP contribution in [0, 0.1) is 0 Å². The molecule has 0 radical (unpaired) electrons. The largest absolute Gasteiger partial charge is 0.478 e. The number of nitrogens with one attached hydrogen (secondary N) is 1. The second-order valence-electron chi connectivity index (χ2n) is 4.22. The van der Waals surface area contributed by atoms with Crippen molar-refractivity contribution in [3.63, 3.8) is 0 Å². The third kappa shape index (κ3) is 4.24. The molecule has 2 aromatic rings. The van der Waals surface area contributed by atoms with E-state index in [2.05, 4.69) is 15.3 Å². The first kappa shape index (κ1) is 14.3. The summed E-state index contributed by atoms with van der Waals surface area (Å²) in [5.41, 5.74) is 0. The summed E-state index contributed by atoms with van der Waals surface area (Å²) in [6.07, 6.45) is 2.57. The fraction of sp³-hybridized carbons (Fsp3) is 0.429. The Morgan fingerprint density at radius 2 is 2.25 bits per heavy atom. The topological polar surface area (TPSA) is 69.4 Å². The predicted molar refractivity (Wildman–Crippen MR) is 74.6 cm³/mol.